The second kappa shape index (κ2) is 6.35. The van der Waals surface area contributed by atoms with Crippen LogP contribution in [-0.4, -0.2) is 42.0 Å². The van der Waals surface area contributed by atoms with E-state index in [4.69, 9.17) is 11.6 Å². The fraction of sp³-hybridized carbons (Fsp3) is 0.571. The molecular formula is C14H20ClN3O. The highest BCUT2D eigenvalue weighted by atomic mass is 35.5. The normalized spacial score (nSPS) is 19.6. The summed E-state index contributed by atoms with van der Waals surface area (Å²) in [6.45, 7) is 8.03. The minimum atomic E-state index is -0.0673. The number of nitrogens with one attached hydrogen (secondary N) is 1. The Morgan fingerprint density at radius 3 is 3.00 bits per heavy atom. The lowest BCUT2D eigenvalue weighted by atomic mass is 10.1. The van der Waals surface area contributed by atoms with Gasteiger partial charge in [-0.3, -0.25) is 4.79 Å². The van der Waals surface area contributed by atoms with Crippen LogP contribution in [0.4, 0.5) is 0 Å². The molecule has 19 heavy (non-hydrogen) atoms. The standard InChI is InChI=1S/C14H20ClN3O/c1-3-18-5-4-11(9-18)8-16-14(19)12-6-10(2)17-13(15)7-12/h6-7,11H,3-5,8-9H2,1-2H3,(H,16,19). The molecule has 2 heterocycles. The van der Waals surface area contributed by atoms with Gasteiger partial charge in [-0.15, -0.1) is 0 Å². The third kappa shape index (κ3) is 3.91. The lowest BCUT2D eigenvalue weighted by Crippen LogP contribution is -2.31. The first kappa shape index (κ1) is 14.3. The van der Waals surface area contributed by atoms with Crippen molar-refractivity contribution in [1.82, 2.24) is 15.2 Å². The predicted molar refractivity (Wildman–Crippen MR) is 76.5 cm³/mol. The summed E-state index contributed by atoms with van der Waals surface area (Å²) in [5.41, 5.74) is 1.35. The van der Waals surface area contributed by atoms with Crippen LogP contribution in [0.15, 0.2) is 12.1 Å². The van der Waals surface area contributed by atoms with Gasteiger partial charge in [-0.2, -0.15) is 0 Å². The van der Waals surface area contributed by atoms with Crippen molar-refractivity contribution in [2.24, 2.45) is 5.92 Å². The molecule has 1 aliphatic heterocycles. The fourth-order valence-electron chi connectivity index (χ4n) is 2.46. The smallest absolute Gasteiger partial charge is 0.251 e. The first-order valence-corrected chi connectivity index (χ1v) is 7.11. The summed E-state index contributed by atoms with van der Waals surface area (Å²) < 4.78 is 0. The van der Waals surface area contributed by atoms with Crippen molar-refractivity contribution < 1.29 is 4.79 Å². The fourth-order valence-corrected chi connectivity index (χ4v) is 2.72. The Kier molecular flexibility index (Phi) is 4.77. The molecule has 1 aliphatic rings. The summed E-state index contributed by atoms with van der Waals surface area (Å²) in [4.78, 5) is 18.5. The Labute approximate surface area is 119 Å². The zero-order valence-corrected chi connectivity index (χ0v) is 12.2. The van der Waals surface area contributed by atoms with E-state index in [9.17, 15) is 4.79 Å². The molecule has 4 nitrogen and oxygen atoms in total. The molecule has 1 amide bonds. The van der Waals surface area contributed by atoms with Gasteiger partial charge in [0.15, 0.2) is 0 Å². The number of nitrogens with zero attached hydrogens (tertiary/aromatic N) is 2. The minimum absolute atomic E-state index is 0.0673. The SMILES string of the molecule is CCN1CCC(CNC(=O)c2cc(C)nc(Cl)c2)C1. The molecule has 2 rings (SSSR count). The Hall–Kier alpha value is -1.13. The molecule has 0 radical (unpaired) electrons. The van der Waals surface area contributed by atoms with Crippen LogP contribution < -0.4 is 5.32 Å². The molecule has 104 valence electrons. The molecule has 0 bridgehead atoms. The van der Waals surface area contributed by atoms with Crippen molar-refractivity contribution in [1.29, 1.82) is 0 Å². The summed E-state index contributed by atoms with van der Waals surface area (Å²) in [5.74, 6) is 0.490. The van der Waals surface area contributed by atoms with E-state index in [0.29, 0.717) is 16.6 Å². The molecule has 1 aromatic rings. The van der Waals surface area contributed by atoms with E-state index >= 15 is 0 Å². The first-order chi connectivity index (χ1) is 9.08. The highest BCUT2D eigenvalue weighted by Crippen LogP contribution is 2.15. The van der Waals surface area contributed by atoms with E-state index in [1.54, 1.807) is 12.1 Å². The molecule has 1 atom stereocenters. The lowest BCUT2D eigenvalue weighted by molar-refractivity contribution is 0.0947. The molecule has 0 aliphatic carbocycles. The average molecular weight is 282 g/mol. The van der Waals surface area contributed by atoms with Gasteiger partial charge in [-0.1, -0.05) is 18.5 Å². The number of amides is 1. The third-order valence-electron chi connectivity index (χ3n) is 3.55. The van der Waals surface area contributed by atoms with Crippen LogP contribution >= 0.6 is 11.6 Å². The summed E-state index contributed by atoms with van der Waals surface area (Å²) in [7, 11) is 0. The molecule has 0 saturated carbocycles. The van der Waals surface area contributed by atoms with Crippen molar-refractivity contribution in [3.8, 4) is 0 Å². The topological polar surface area (TPSA) is 45.2 Å². The first-order valence-electron chi connectivity index (χ1n) is 6.73. The second-order valence-electron chi connectivity index (χ2n) is 5.08. The number of aryl methyl sites for hydroxylation is 1. The summed E-state index contributed by atoms with van der Waals surface area (Å²) >= 11 is 5.86. The summed E-state index contributed by atoms with van der Waals surface area (Å²) in [6, 6.07) is 3.37. The number of rotatable bonds is 4. The van der Waals surface area contributed by atoms with Crippen molar-refractivity contribution >= 4 is 17.5 Å². The minimum Gasteiger partial charge on any atom is -0.352 e. The molecule has 0 spiro atoms. The molecule has 1 fully saturated rings. The quantitative estimate of drug-likeness (QED) is 0.860. The maximum Gasteiger partial charge on any atom is 0.251 e. The van der Waals surface area contributed by atoms with Gasteiger partial charge in [0.2, 0.25) is 0 Å². The van der Waals surface area contributed by atoms with Crippen LogP contribution in [0.1, 0.15) is 29.4 Å². The average Bonchev–Trinajstić information content (AvgIpc) is 2.82. The van der Waals surface area contributed by atoms with Crippen molar-refractivity contribution in [2.45, 2.75) is 20.3 Å². The van der Waals surface area contributed by atoms with Crippen LogP contribution in [0.3, 0.4) is 0 Å². The number of hydrogen-bond donors (Lipinski definition) is 1. The lowest BCUT2D eigenvalue weighted by Gasteiger charge is -2.14. The van der Waals surface area contributed by atoms with Gasteiger partial charge in [0, 0.05) is 24.3 Å². The Balaban J connectivity index is 1.87. The van der Waals surface area contributed by atoms with Gasteiger partial charge >= 0.3 is 0 Å². The number of hydrogen-bond acceptors (Lipinski definition) is 3. The van der Waals surface area contributed by atoms with Gasteiger partial charge < -0.3 is 10.2 Å². The number of likely N-dealkylation sites (tertiary alicyclic amines) is 1. The Morgan fingerprint density at radius 1 is 1.58 bits per heavy atom. The Bertz CT molecular complexity index is 444. The summed E-state index contributed by atoms with van der Waals surface area (Å²) in [6.07, 6.45) is 1.16. The molecular weight excluding hydrogens is 262 g/mol. The number of aromatic nitrogens is 1. The zero-order chi connectivity index (χ0) is 13.8. The van der Waals surface area contributed by atoms with E-state index in [2.05, 4.69) is 22.1 Å². The largest absolute Gasteiger partial charge is 0.352 e. The van der Waals surface area contributed by atoms with Gasteiger partial charge in [0.05, 0.1) is 0 Å². The highest BCUT2D eigenvalue weighted by molar-refractivity contribution is 6.29. The van der Waals surface area contributed by atoms with E-state index in [0.717, 1.165) is 38.3 Å². The van der Waals surface area contributed by atoms with Crippen molar-refractivity contribution in [3.05, 3.63) is 28.5 Å². The summed E-state index contributed by atoms with van der Waals surface area (Å²) in [5, 5.41) is 3.35. The van der Waals surface area contributed by atoms with Gasteiger partial charge in [-0.05, 0) is 44.5 Å². The van der Waals surface area contributed by atoms with Crippen molar-refractivity contribution in [3.63, 3.8) is 0 Å². The van der Waals surface area contributed by atoms with E-state index in [-0.39, 0.29) is 5.91 Å². The number of halogens is 1. The maximum atomic E-state index is 12.0. The predicted octanol–water partition coefficient (Wildman–Crippen LogP) is 2.12. The van der Waals surface area contributed by atoms with Crippen LogP contribution in [0.2, 0.25) is 5.15 Å². The van der Waals surface area contributed by atoms with E-state index in [1.165, 1.54) is 0 Å². The van der Waals surface area contributed by atoms with Crippen LogP contribution in [-0.2, 0) is 0 Å². The number of carbonyl (C=O) groups excluding carboxylic acids is 1. The van der Waals surface area contributed by atoms with Crippen LogP contribution in [0, 0.1) is 12.8 Å². The van der Waals surface area contributed by atoms with Crippen LogP contribution in [0.5, 0.6) is 0 Å². The van der Waals surface area contributed by atoms with E-state index in [1.807, 2.05) is 6.92 Å². The Morgan fingerprint density at radius 2 is 2.37 bits per heavy atom. The molecule has 5 heteroatoms. The second-order valence-corrected chi connectivity index (χ2v) is 5.47. The molecule has 1 unspecified atom stereocenters. The third-order valence-corrected chi connectivity index (χ3v) is 3.75. The molecule has 1 N–H and O–H groups in total. The maximum absolute atomic E-state index is 12.0. The highest BCUT2D eigenvalue weighted by Gasteiger charge is 2.21. The number of pyridine rings is 1. The molecule has 1 saturated heterocycles. The zero-order valence-electron chi connectivity index (χ0n) is 11.4. The van der Waals surface area contributed by atoms with Gasteiger partial charge in [0.25, 0.3) is 5.91 Å². The van der Waals surface area contributed by atoms with Gasteiger partial charge in [0.1, 0.15) is 5.15 Å². The molecule has 1 aromatic heterocycles. The monoisotopic (exact) mass is 281 g/mol. The van der Waals surface area contributed by atoms with E-state index < -0.39 is 0 Å². The van der Waals surface area contributed by atoms with Crippen molar-refractivity contribution in [2.75, 3.05) is 26.2 Å². The molecule has 0 aromatic carbocycles. The van der Waals surface area contributed by atoms with Gasteiger partial charge in [-0.25, -0.2) is 4.98 Å². The number of carbonyl (C=O) groups is 1. The van der Waals surface area contributed by atoms with Crippen LogP contribution in [0.25, 0.3) is 0 Å².